The second-order valence-corrected chi connectivity index (χ2v) is 11.4. The molecule has 0 amide bonds. The molecule has 0 unspecified atom stereocenters. The summed E-state index contributed by atoms with van der Waals surface area (Å²) in [6.45, 7) is 7.76. The molecule has 2 fully saturated rings. The first-order valence-corrected chi connectivity index (χ1v) is 14.7. The fourth-order valence-corrected chi connectivity index (χ4v) is 6.23. The first kappa shape index (κ1) is 26.0. The van der Waals surface area contributed by atoms with E-state index in [-0.39, 0.29) is 11.7 Å². The number of hydrogen-bond donors (Lipinski definition) is 1. The van der Waals surface area contributed by atoms with Crippen molar-refractivity contribution in [1.29, 1.82) is 0 Å². The van der Waals surface area contributed by atoms with Crippen molar-refractivity contribution < 1.29 is 14.6 Å². The lowest BCUT2D eigenvalue weighted by Crippen LogP contribution is -2.46. The Kier molecular flexibility index (Phi) is 7.06. The lowest BCUT2D eigenvalue weighted by atomic mass is 10.0. The summed E-state index contributed by atoms with van der Waals surface area (Å²) in [7, 11) is 0. The maximum atomic E-state index is 11.6. The normalized spacial score (nSPS) is 19.3. The van der Waals surface area contributed by atoms with E-state index < -0.39 is 5.97 Å². The predicted molar refractivity (Wildman–Crippen MR) is 159 cm³/mol. The number of pyridine rings is 1. The van der Waals surface area contributed by atoms with Crippen LogP contribution in [0.15, 0.2) is 60.7 Å². The van der Waals surface area contributed by atoms with E-state index in [4.69, 9.17) is 14.7 Å². The van der Waals surface area contributed by atoms with Crippen LogP contribution in [0.2, 0.25) is 0 Å². The van der Waals surface area contributed by atoms with Crippen molar-refractivity contribution in [2.75, 3.05) is 49.1 Å². The smallest absolute Gasteiger partial charge is 0.335 e. The van der Waals surface area contributed by atoms with E-state index in [1.165, 1.54) is 11.1 Å². The molecule has 1 N–H and O–H groups in total. The van der Waals surface area contributed by atoms with Gasteiger partial charge in [-0.3, -0.25) is 4.90 Å². The summed E-state index contributed by atoms with van der Waals surface area (Å²) in [6.07, 6.45) is 3.43. The van der Waals surface area contributed by atoms with Crippen LogP contribution in [0.1, 0.15) is 40.2 Å². The number of carboxylic acid groups (broad SMARTS) is 1. The molecule has 0 aliphatic carbocycles. The molecular weight excluding hydrogens is 516 g/mol. The fourth-order valence-electron chi connectivity index (χ4n) is 6.23. The van der Waals surface area contributed by atoms with Gasteiger partial charge in [0.05, 0.1) is 35.8 Å². The third kappa shape index (κ3) is 5.39. The van der Waals surface area contributed by atoms with Crippen molar-refractivity contribution in [3.05, 3.63) is 83.2 Å². The molecule has 3 aliphatic rings. The highest BCUT2D eigenvalue weighted by atomic mass is 16.5. The van der Waals surface area contributed by atoms with Gasteiger partial charge in [-0.1, -0.05) is 36.4 Å². The molecule has 0 spiro atoms. The van der Waals surface area contributed by atoms with Crippen LogP contribution in [0.25, 0.3) is 11.0 Å². The number of rotatable bonds is 8. The molecule has 41 heavy (non-hydrogen) atoms. The number of fused-ring (bicyclic) bond motifs is 2. The van der Waals surface area contributed by atoms with Gasteiger partial charge in [0.1, 0.15) is 17.5 Å². The van der Waals surface area contributed by atoms with Crippen LogP contribution >= 0.6 is 0 Å². The molecule has 9 heteroatoms. The number of nitrogens with zero attached hydrogens (tertiary/aromatic N) is 6. The van der Waals surface area contributed by atoms with Gasteiger partial charge in [0.2, 0.25) is 0 Å². The standard InChI is InChI=1S/C32H36N6O3/c39-32(40)25-8-10-27-28(19-25)38(21-26-12-18-41-26)30(33-27)22-35-14-16-36(17-15-35)29-11-9-24-7-4-13-37(31(24)34-29)20-23-5-2-1-3-6-23/h1-3,5-6,8-11,19,26H,4,7,12-18,20-22H2,(H,39,40)/t26-/m0/s1. The van der Waals surface area contributed by atoms with Crippen LogP contribution in [0.3, 0.4) is 0 Å². The molecule has 0 saturated carbocycles. The minimum atomic E-state index is -0.920. The van der Waals surface area contributed by atoms with Gasteiger partial charge in [-0.15, -0.1) is 0 Å². The van der Waals surface area contributed by atoms with Gasteiger partial charge in [0.25, 0.3) is 0 Å². The average molecular weight is 553 g/mol. The molecule has 9 nitrogen and oxygen atoms in total. The van der Waals surface area contributed by atoms with E-state index in [1.807, 2.05) is 6.07 Å². The summed E-state index contributed by atoms with van der Waals surface area (Å²) < 4.78 is 7.89. The molecule has 2 saturated heterocycles. The van der Waals surface area contributed by atoms with E-state index >= 15 is 0 Å². The third-order valence-corrected chi connectivity index (χ3v) is 8.65. The molecule has 7 rings (SSSR count). The summed E-state index contributed by atoms with van der Waals surface area (Å²) in [5, 5.41) is 9.53. The zero-order valence-electron chi connectivity index (χ0n) is 23.3. The molecule has 3 aliphatic heterocycles. The average Bonchev–Trinajstić information content (AvgIpc) is 3.31. The minimum absolute atomic E-state index is 0.160. The van der Waals surface area contributed by atoms with Crippen molar-refractivity contribution in [2.24, 2.45) is 0 Å². The van der Waals surface area contributed by atoms with Crippen molar-refractivity contribution >= 4 is 28.6 Å². The number of anilines is 2. The number of carboxylic acids is 1. The third-order valence-electron chi connectivity index (χ3n) is 8.65. The Morgan fingerprint density at radius 1 is 0.951 bits per heavy atom. The monoisotopic (exact) mass is 552 g/mol. The number of aromatic nitrogens is 3. The van der Waals surface area contributed by atoms with Gasteiger partial charge >= 0.3 is 5.97 Å². The van der Waals surface area contributed by atoms with Gasteiger partial charge in [0, 0.05) is 45.9 Å². The molecule has 4 aromatic rings. The van der Waals surface area contributed by atoms with Gasteiger partial charge in [-0.05, 0) is 54.7 Å². The van der Waals surface area contributed by atoms with Crippen LogP contribution in [-0.4, -0.2) is 75.9 Å². The molecule has 5 heterocycles. The number of aromatic carboxylic acids is 1. The number of ether oxygens (including phenoxy) is 1. The lowest BCUT2D eigenvalue weighted by Gasteiger charge is -2.37. The predicted octanol–water partition coefficient (Wildman–Crippen LogP) is 4.19. The Morgan fingerprint density at radius 2 is 1.78 bits per heavy atom. The number of carbonyl (C=O) groups is 1. The second kappa shape index (κ2) is 11.1. The van der Waals surface area contributed by atoms with E-state index in [0.717, 1.165) is 100 Å². The summed E-state index contributed by atoms with van der Waals surface area (Å²) in [5.74, 6) is 2.23. The van der Waals surface area contributed by atoms with Crippen molar-refractivity contribution in [1.82, 2.24) is 19.4 Å². The zero-order chi connectivity index (χ0) is 27.8. The minimum Gasteiger partial charge on any atom is -0.478 e. The van der Waals surface area contributed by atoms with Gasteiger partial charge < -0.3 is 24.2 Å². The molecule has 2 aromatic carbocycles. The summed E-state index contributed by atoms with van der Waals surface area (Å²) in [5.41, 5.74) is 4.65. The van der Waals surface area contributed by atoms with Crippen LogP contribution in [0.5, 0.6) is 0 Å². The first-order chi connectivity index (χ1) is 20.1. The molecule has 0 radical (unpaired) electrons. The summed E-state index contributed by atoms with van der Waals surface area (Å²) >= 11 is 0. The van der Waals surface area contributed by atoms with Crippen molar-refractivity contribution in [3.8, 4) is 0 Å². The van der Waals surface area contributed by atoms with Gasteiger partial charge in [-0.2, -0.15) is 0 Å². The molecular formula is C32H36N6O3. The zero-order valence-corrected chi connectivity index (χ0v) is 23.3. The number of hydrogen-bond acceptors (Lipinski definition) is 7. The van der Waals surface area contributed by atoms with Crippen LogP contribution in [-0.2, 0) is 30.8 Å². The SMILES string of the molecule is O=C(O)c1ccc2nc(CN3CCN(c4ccc5c(n4)N(Cc4ccccc4)CCC5)CC3)n(C[C@@H]3CCO3)c2c1. The van der Waals surface area contributed by atoms with E-state index in [2.05, 4.69) is 61.7 Å². The topological polar surface area (TPSA) is 87.0 Å². The first-order valence-electron chi connectivity index (χ1n) is 14.7. The summed E-state index contributed by atoms with van der Waals surface area (Å²) in [6, 6.07) is 20.3. The van der Waals surface area contributed by atoms with E-state index in [9.17, 15) is 9.90 Å². The van der Waals surface area contributed by atoms with E-state index in [0.29, 0.717) is 6.54 Å². The van der Waals surface area contributed by atoms with Crippen LogP contribution < -0.4 is 9.80 Å². The number of benzene rings is 2. The fraction of sp³-hybridized carbons (Fsp3) is 0.406. The molecule has 0 bridgehead atoms. The highest BCUT2D eigenvalue weighted by molar-refractivity contribution is 5.92. The molecule has 212 valence electrons. The van der Waals surface area contributed by atoms with Crippen LogP contribution in [0.4, 0.5) is 11.6 Å². The maximum Gasteiger partial charge on any atom is 0.335 e. The Labute approximate surface area is 240 Å². The Hall–Kier alpha value is -3.95. The number of piperazine rings is 1. The van der Waals surface area contributed by atoms with Crippen molar-refractivity contribution in [2.45, 2.75) is 45.0 Å². The second-order valence-electron chi connectivity index (χ2n) is 11.4. The lowest BCUT2D eigenvalue weighted by molar-refractivity contribution is -0.0592. The largest absolute Gasteiger partial charge is 0.478 e. The maximum absolute atomic E-state index is 11.6. The number of imidazole rings is 1. The Morgan fingerprint density at radius 3 is 2.54 bits per heavy atom. The van der Waals surface area contributed by atoms with Crippen LogP contribution in [0, 0.1) is 0 Å². The molecule has 2 aromatic heterocycles. The molecule has 1 atom stereocenters. The highest BCUT2D eigenvalue weighted by Crippen LogP contribution is 2.30. The quantitative estimate of drug-likeness (QED) is 0.348. The summed E-state index contributed by atoms with van der Waals surface area (Å²) in [4.78, 5) is 29.0. The van der Waals surface area contributed by atoms with Gasteiger partial charge in [0.15, 0.2) is 0 Å². The Balaban J connectivity index is 1.05. The number of aryl methyl sites for hydroxylation is 1. The van der Waals surface area contributed by atoms with E-state index in [1.54, 1.807) is 12.1 Å². The Bertz CT molecular complexity index is 1540. The van der Waals surface area contributed by atoms with Gasteiger partial charge in [-0.25, -0.2) is 14.8 Å². The highest BCUT2D eigenvalue weighted by Gasteiger charge is 2.26. The van der Waals surface area contributed by atoms with Crippen molar-refractivity contribution in [3.63, 3.8) is 0 Å².